The fourth-order valence-electron chi connectivity index (χ4n) is 2.92. The van der Waals surface area contributed by atoms with Gasteiger partial charge in [-0.2, -0.15) is 0 Å². The minimum atomic E-state index is -0.217. The van der Waals surface area contributed by atoms with Gasteiger partial charge in [0.2, 0.25) is 0 Å². The summed E-state index contributed by atoms with van der Waals surface area (Å²) in [4.78, 5) is 16.6. The lowest BCUT2D eigenvalue weighted by Gasteiger charge is -2.27. The van der Waals surface area contributed by atoms with Crippen molar-refractivity contribution < 1.29 is 9.18 Å². The zero-order valence-corrected chi connectivity index (χ0v) is 15.3. The topological polar surface area (TPSA) is 35.6 Å². The van der Waals surface area contributed by atoms with Crippen molar-refractivity contribution in [1.29, 1.82) is 0 Å². The van der Waals surface area contributed by atoms with Gasteiger partial charge in [0, 0.05) is 31.6 Å². The number of carbonyl (C=O) groups excluding carboxylic acids is 1. The van der Waals surface area contributed by atoms with Crippen LogP contribution in [0.4, 0.5) is 9.18 Å². The predicted molar refractivity (Wildman–Crippen MR) is 95.7 cm³/mol. The summed E-state index contributed by atoms with van der Waals surface area (Å²) < 4.78 is 13.1. The molecule has 1 aliphatic carbocycles. The number of benzene rings is 1. The number of nitrogens with zero attached hydrogens (tertiary/aromatic N) is 2. The first-order valence-corrected chi connectivity index (χ1v) is 8.76. The van der Waals surface area contributed by atoms with Crippen LogP contribution in [0.3, 0.4) is 0 Å². The van der Waals surface area contributed by atoms with Crippen LogP contribution in [0.15, 0.2) is 24.3 Å². The second-order valence-electron chi connectivity index (χ2n) is 7.59. The second kappa shape index (κ2) is 7.97. The van der Waals surface area contributed by atoms with Gasteiger partial charge in [0.15, 0.2) is 0 Å². The molecular formula is C19H30FN3O. The number of carbonyl (C=O) groups is 1. The Bertz CT molecular complexity index is 538. The number of rotatable bonds is 8. The van der Waals surface area contributed by atoms with Gasteiger partial charge < -0.3 is 15.1 Å². The molecule has 0 heterocycles. The number of hydrogen-bond donors (Lipinski definition) is 1. The average molecular weight is 335 g/mol. The van der Waals surface area contributed by atoms with Gasteiger partial charge in [-0.25, -0.2) is 9.18 Å². The van der Waals surface area contributed by atoms with E-state index in [0.29, 0.717) is 12.5 Å². The van der Waals surface area contributed by atoms with E-state index in [-0.39, 0.29) is 17.3 Å². The molecule has 0 bridgehead atoms. The molecule has 2 amide bonds. The highest BCUT2D eigenvalue weighted by molar-refractivity contribution is 5.74. The molecule has 134 valence electrons. The molecule has 0 spiro atoms. The minimum Gasteiger partial charge on any atom is -0.337 e. The molecule has 1 aromatic rings. The predicted octanol–water partition coefficient (Wildman–Crippen LogP) is 3.09. The molecule has 0 radical (unpaired) electrons. The largest absolute Gasteiger partial charge is 0.337 e. The third-order valence-corrected chi connectivity index (χ3v) is 4.58. The molecule has 2 rings (SSSR count). The summed E-state index contributed by atoms with van der Waals surface area (Å²) in [6.07, 6.45) is 2.08. The molecule has 24 heavy (non-hydrogen) atoms. The molecule has 0 unspecified atom stereocenters. The number of urea groups is 1. The molecule has 0 atom stereocenters. The Labute approximate surface area is 145 Å². The quantitative estimate of drug-likeness (QED) is 0.792. The number of amides is 2. The van der Waals surface area contributed by atoms with Gasteiger partial charge in [-0.05, 0) is 50.6 Å². The van der Waals surface area contributed by atoms with E-state index in [2.05, 4.69) is 24.1 Å². The van der Waals surface area contributed by atoms with Crippen LogP contribution in [0.1, 0.15) is 32.3 Å². The lowest BCUT2D eigenvalue weighted by atomic mass is 9.96. The molecule has 0 aromatic heterocycles. The summed E-state index contributed by atoms with van der Waals surface area (Å²) in [5, 5.41) is 3.10. The van der Waals surface area contributed by atoms with Crippen molar-refractivity contribution in [2.75, 3.05) is 40.3 Å². The van der Waals surface area contributed by atoms with Gasteiger partial charge in [-0.3, -0.25) is 0 Å². The van der Waals surface area contributed by atoms with Gasteiger partial charge in [-0.15, -0.1) is 0 Å². The SMILES string of the molecule is CC(C)CN(CCN(C)C)C(=O)NCC1(c2ccc(F)cc2)CC1. The highest BCUT2D eigenvalue weighted by Gasteiger charge is 2.44. The van der Waals surface area contributed by atoms with Crippen LogP contribution in [-0.4, -0.2) is 56.1 Å². The van der Waals surface area contributed by atoms with E-state index in [1.165, 1.54) is 12.1 Å². The Balaban J connectivity index is 1.93. The normalized spacial score (nSPS) is 15.6. The monoisotopic (exact) mass is 335 g/mol. The molecular weight excluding hydrogens is 305 g/mol. The van der Waals surface area contributed by atoms with E-state index in [4.69, 9.17) is 0 Å². The van der Waals surface area contributed by atoms with Crippen LogP contribution in [-0.2, 0) is 5.41 Å². The van der Waals surface area contributed by atoms with Crippen LogP contribution in [0, 0.1) is 11.7 Å². The standard InChI is InChI=1S/C19H30FN3O/c1-15(2)13-23(12-11-22(3)4)18(24)21-14-19(9-10-19)16-5-7-17(20)8-6-16/h5-8,15H,9-14H2,1-4H3,(H,21,24). The van der Waals surface area contributed by atoms with E-state index >= 15 is 0 Å². The van der Waals surface area contributed by atoms with Crippen molar-refractivity contribution in [1.82, 2.24) is 15.1 Å². The summed E-state index contributed by atoms with van der Waals surface area (Å²) in [5.74, 6) is 0.218. The van der Waals surface area contributed by atoms with E-state index in [1.54, 1.807) is 0 Å². The lowest BCUT2D eigenvalue weighted by molar-refractivity contribution is 0.183. The Kier molecular flexibility index (Phi) is 6.21. The smallest absolute Gasteiger partial charge is 0.317 e. The Hall–Kier alpha value is -1.62. The molecule has 1 N–H and O–H groups in total. The average Bonchev–Trinajstić information content (AvgIpc) is 3.30. The fourth-order valence-corrected chi connectivity index (χ4v) is 2.92. The maximum atomic E-state index is 13.1. The van der Waals surface area contributed by atoms with Crippen LogP contribution in [0.2, 0.25) is 0 Å². The molecule has 0 saturated heterocycles. The van der Waals surface area contributed by atoms with Crippen molar-refractivity contribution in [2.24, 2.45) is 5.92 Å². The van der Waals surface area contributed by atoms with Crippen LogP contribution < -0.4 is 5.32 Å². The maximum Gasteiger partial charge on any atom is 0.317 e. The zero-order chi connectivity index (χ0) is 17.7. The molecule has 1 aromatic carbocycles. The highest BCUT2D eigenvalue weighted by atomic mass is 19.1. The molecule has 4 nitrogen and oxygen atoms in total. The zero-order valence-electron chi connectivity index (χ0n) is 15.3. The number of nitrogens with one attached hydrogen (secondary N) is 1. The molecule has 0 aliphatic heterocycles. The Morgan fingerprint density at radius 1 is 1.21 bits per heavy atom. The second-order valence-corrected chi connectivity index (χ2v) is 7.59. The third-order valence-electron chi connectivity index (χ3n) is 4.58. The van der Waals surface area contributed by atoms with Gasteiger partial charge in [-0.1, -0.05) is 26.0 Å². The molecule has 1 saturated carbocycles. The van der Waals surface area contributed by atoms with Crippen LogP contribution >= 0.6 is 0 Å². The summed E-state index contributed by atoms with van der Waals surface area (Å²) in [7, 11) is 4.03. The van der Waals surface area contributed by atoms with Crippen LogP contribution in [0.25, 0.3) is 0 Å². The fraction of sp³-hybridized carbons (Fsp3) is 0.632. The molecule has 5 heteroatoms. The van der Waals surface area contributed by atoms with E-state index < -0.39 is 0 Å². The summed E-state index contributed by atoms with van der Waals surface area (Å²) in [6.45, 7) is 7.19. The van der Waals surface area contributed by atoms with Crippen molar-refractivity contribution >= 4 is 6.03 Å². The van der Waals surface area contributed by atoms with Gasteiger partial charge in [0.25, 0.3) is 0 Å². The Morgan fingerprint density at radius 2 is 1.83 bits per heavy atom. The number of hydrogen-bond acceptors (Lipinski definition) is 2. The summed E-state index contributed by atoms with van der Waals surface area (Å²) in [6, 6.07) is 6.68. The first-order valence-electron chi connectivity index (χ1n) is 8.76. The van der Waals surface area contributed by atoms with Gasteiger partial charge in [0.05, 0.1) is 0 Å². The first kappa shape index (κ1) is 18.7. The third kappa shape index (κ3) is 5.20. The Morgan fingerprint density at radius 3 is 2.33 bits per heavy atom. The van der Waals surface area contributed by atoms with E-state index in [0.717, 1.165) is 38.0 Å². The van der Waals surface area contributed by atoms with Crippen molar-refractivity contribution in [3.63, 3.8) is 0 Å². The van der Waals surface area contributed by atoms with Crippen molar-refractivity contribution in [2.45, 2.75) is 32.1 Å². The number of likely N-dealkylation sites (N-methyl/N-ethyl adjacent to an activating group) is 1. The summed E-state index contributed by atoms with van der Waals surface area (Å²) in [5.41, 5.74) is 1.11. The molecule has 1 fully saturated rings. The highest BCUT2D eigenvalue weighted by Crippen LogP contribution is 2.47. The van der Waals surface area contributed by atoms with Gasteiger partial charge >= 0.3 is 6.03 Å². The van der Waals surface area contributed by atoms with Crippen molar-refractivity contribution in [3.8, 4) is 0 Å². The maximum absolute atomic E-state index is 13.1. The van der Waals surface area contributed by atoms with E-state index in [9.17, 15) is 9.18 Å². The first-order chi connectivity index (χ1) is 11.3. The van der Waals surface area contributed by atoms with Crippen LogP contribution in [0.5, 0.6) is 0 Å². The van der Waals surface area contributed by atoms with Gasteiger partial charge in [0.1, 0.15) is 5.82 Å². The van der Waals surface area contributed by atoms with Crippen molar-refractivity contribution in [3.05, 3.63) is 35.6 Å². The summed E-state index contributed by atoms with van der Waals surface area (Å²) >= 11 is 0. The lowest BCUT2D eigenvalue weighted by Crippen LogP contribution is -2.46. The minimum absolute atomic E-state index is 0.000985. The number of halogens is 1. The van der Waals surface area contributed by atoms with E-state index in [1.807, 2.05) is 31.1 Å². The molecule has 1 aliphatic rings.